The van der Waals surface area contributed by atoms with Gasteiger partial charge in [0.15, 0.2) is 0 Å². The summed E-state index contributed by atoms with van der Waals surface area (Å²) >= 11 is 0. The summed E-state index contributed by atoms with van der Waals surface area (Å²) in [5.74, 6) is 0. The van der Waals surface area contributed by atoms with Crippen molar-refractivity contribution in [3.63, 3.8) is 0 Å². The minimum absolute atomic E-state index is 0. The molecule has 0 aromatic rings. The first-order chi connectivity index (χ1) is 2.41. The summed E-state index contributed by atoms with van der Waals surface area (Å²) in [6, 6.07) is 0. The molecule has 0 aromatic heterocycles. The van der Waals surface area contributed by atoms with E-state index in [0.29, 0.717) is 0 Å². The Balaban J connectivity index is 0. The van der Waals surface area contributed by atoms with Crippen LogP contribution in [0.4, 0.5) is 0 Å². The number of hydrogen-bond acceptors (Lipinski definition) is 0. The molecule has 0 aliphatic carbocycles. The van der Waals surface area contributed by atoms with E-state index in [1.165, 1.54) is 6.08 Å². The van der Waals surface area contributed by atoms with E-state index in [0.717, 1.165) is 0 Å². The van der Waals surface area contributed by atoms with E-state index in [4.69, 9.17) is 6.58 Å². The van der Waals surface area contributed by atoms with E-state index in [2.05, 4.69) is 6.92 Å². The van der Waals surface area contributed by atoms with Crippen LogP contribution in [0.1, 0.15) is 0 Å². The van der Waals surface area contributed by atoms with Crippen LogP contribution in [0.25, 0.3) is 0 Å². The van der Waals surface area contributed by atoms with Crippen molar-refractivity contribution in [1.29, 1.82) is 0 Å². The van der Waals surface area contributed by atoms with Crippen LogP contribution in [0.5, 0.6) is 0 Å². The van der Waals surface area contributed by atoms with Crippen molar-refractivity contribution in [3.05, 3.63) is 31.7 Å². The molecule has 0 nitrogen and oxygen atoms in total. The van der Waals surface area contributed by atoms with Gasteiger partial charge in [0, 0.05) is 0 Å². The van der Waals surface area contributed by atoms with E-state index in [1.54, 1.807) is 12.2 Å². The summed E-state index contributed by atoms with van der Waals surface area (Å²) in [6.07, 6.45) is 4.73. The molecule has 0 radical (unpaired) electrons. The molecule has 0 rings (SSSR count). The third kappa shape index (κ3) is 8.85. The predicted octanol–water partition coefficient (Wildman–Crippen LogP) is 0.985. The zero-order valence-electron chi connectivity index (χ0n) is 3.72. The van der Waals surface area contributed by atoms with Gasteiger partial charge in [0.25, 0.3) is 0 Å². The van der Waals surface area contributed by atoms with Crippen molar-refractivity contribution in [3.8, 4) is 0 Å². The topological polar surface area (TPSA) is 0 Å². The fraction of sp³-hybridized carbons (Fsp3) is 0. The molecule has 0 aliphatic heterocycles. The van der Waals surface area contributed by atoms with Crippen molar-refractivity contribution in [1.82, 2.24) is 0 Å². The molecule has 0 bridgehead atoms. The van der Waals surface area contributed by atoms with Crippen LogP contribution in [0.3, 0.4) is 0 Å². The third-order valence-corrected chi connectivity index (χ3v) is 0.247. The van der Waals surface area contributed by atoms with Crippen LogP contribution in [0.2, 0.25) is 0 Å². The second-order valence-electron chi connectivity index (χ2n) is 0.621. The van der Waals surface area contributed by atoms with Crippen LogP contribution < -0.4 is 0 Å². The molecule has 1 heteroatoms. The van der Waals surface area contributed by atoms with Gasteiger partial charge in [0.05, 0.1) is 0 Å². The SMILES string of the molecule is [CH-]=C/C=C\[CH2-].[Sr+2]. The van der Waals surface area contributed by atoms with Gasteiger partial charge in [0.1, 0.15) is 0 Å². The summed E-state index contributed by atoms with van der Waals surface area (Å²) in [7, 11) is 0. The predicted molar refractivity (Wildman–Crippen MR) is 29.1 cm³/mol. The van der Waals surface area contributed by atoms with Crippen LogP contribution in [-0.4, -0.2) is 45.5 Å². The van der Waals surface area contributed by atoms with Gasteiger partial charge < -0.3 is 0 Å². The van der Waals surface area contributed by atoms with E-state index in [9.17, 15) is 0 Å². The fourth-order valence-electron chi connectivity index (χ4n) is 0.0786. The van der Waals surface area contributed by atoms with E-state index >= 15 is 0 Å². The Morgan fingerprint density at radius 3 is 2.00 bits per heavy atom. The third-order valence-electron chi connectivity index (χ3n) is 0.247. The standard InChI is InChI=1S/C5H6.Sr/c1-3-5-4-2;/h1,3-5H,2H2;/q-2;+2/b5-4-;. The maximum absolute atomic E-state index is 4.89. The summed E-state index contributed by atoms with van der Waals surface area (Å²) in [4.78, 5) is 0. The molecule has 0 saturated carbocycles. The maximum atomic E-state index is 4.89. The Hall–Kier alpha value is 0.831. The first-order valence-electron chi connectivity index (χ1n) is 1.41. The largest absolute Gasteiger partial charge is 2.00 e. The van der Waals surface area contributed by atoms with Crippen LogP contribution in [-0.2, 0) is 0 Å². The molecular weight excluding hydrogens is 148 g/mol. The van der Waals surface area contributed by atoms with Crippen molar-refractivity contribution >= 4 is 45.5 Å². The Labute approximate surface area is 76.2 Å². The average molecular weight is 154 g/mol. The van der Waals surface area contributed by atoms with Gasteiger partial charge in [-0.1, -0.05) is 0 Å². The number of allylic oxidation sites excluding steroid dienone is 3. The smallest absolute Gasteiger partial charge is 0.293 e. The Morgan fingerprint density at radius 1 is 1.50 bits per heavy atom. The van der Waals surface area contributed by atoms with Gasteiger partial charge in [0.2, 0.25) is 0 Å². The van der Waals surface area contributed by atoms with Crippen LogP contribution in [0, 0.1) is 13.5 Å². The second-order valence-corrected chi connectivity index (χ2v) is 0.621. The summed E-state index contributed by atoms with van der Waals surface area (Å²) in [5.41, 5.74) is 0. The second kappa shape index (κ2) is 9.27. The molecule has 0 saturated heterocycles. The van der Waals surface area contributed by atoms with Crippen LogP contribution >= 0.6 is 0 Å². The van der Waals surface area contributed by atoms with Gasteiger partial charge in [-0.15, -0.1) is 0 Å². The van der Waals surface area contributed by atoms with Crippen molar-refractivity contribution < 1.29 is 0 Å². The Morgan fingerprint density at radius 2 is 2.00 bits per heavy atom. The quantitative estimate of drug-likeness (QED) is 0.300. The van der Waals surface area contributed by atoms with Gasteiger partial charge in [-0.25, -0.2) is 25.2 Å². The molecule has 0 atom stereocenters. The minimum atomic E-state index is 0. The molecule has 0 unspecified atom stereocenters. The zero-order valence-corrected chi connectivity index (χ0v) is 7.20. The van der Waals surface area contributed by atoms with Crippen LogP contribution in [0.15, 0.2) is 18.2 Å². The first-order valence-corrected chi connectivity index (χ1v) is 1.41. The van der Waals surface area contributed by atoms with E-state index in [-0.39, 0.29) is 45.5 Å². The fourth-order valence-corrected chi connectivity index (χ4v) is 0.0786. The maximum Gasteiger partial charge on any atom is 2.00 e. The van der Waals surface area contributed by atoms with Crippen molar-refractivity contribution in [2.24, 2.45) is 0 Å². The van der Waals surface area contributed by atoms with Crippen molar-refractivity contribution in [2.45, 2.75) is 0 Å². The minimum Gasteiger partial charge on any atom is -0.293 e. The molecule has 0 aromatic carbocycles. The molecule has 0 fully saturated rings. The average Bonchev–Trinajstić information content (AvgIpc) is 1.41. The molecule has 0 spiro atoms. The normalized spacial score (nSPS) is 7.33. The molecule has 0 heterocycles. The first kappa shape index (κ1) is 9.95. The summed E-state index contributed by atoms with van der Waals surface area (Å²) < 4.78 is 0. The summed E-state index contributed by atoms with van der Waals surface area (Å²) in [5, 5.41) is 0. The Bertz CT molecular complexity index is 45.9. The molecule has 0 amide bonds. The monoisotopic (exact) mass is 154 g/mol. The molecule has 28 valence electrons. The zero-order chi connectivity index (χ0) is 4.12. The molecule has 6 heavy (non-hydrogen) atoms. The van der Waals surface area contributed by atoms with E-state index < -0.39 is 0 Å². The Kier molecular flexibility index (Phi) is 15.4. The van der Waals surface area contributed by atoms with E-state index in [1.807, 2.05) is 0 Å². The number of rotatable bonds is 1. The summed E-state index contributed by atoms with van der Waals surface area (Å²) in [6.45, 7) is 8.27. The molecule has 0 N–H and O–H groups in total. The van der Waals surface area contributed by atoms with Gasteiger partial charge in [-0.3, -0.25) is 6.58 Å². The van der Waals surface area contributed by atoms with Gasteiger partial charge in [-0.05, 0) is 0 Å². The van der Waals surface area contributed by atoms with Gasteiger partial charge >= 0.3 is 45.5 Å². The number of hydrogen-bond donors (Lipinski definition) is 0. The van der Waals surface area contributed by atoms with Crippen molar-refractivity contribution in [2.75, 3.05) is 0 Å². The molecular formula is C5H6Sr. The molecule has 0 aliphatic rings. The van der Waals surface area contributed by atoms with Gasteiger partial charge in [-0.2, -0.15) is 0 Å².